The van der Waals surface area contributed by atoms with E-state index in [1.165, 1.54) is 15.3 Å². The number of nitriles is 1. The molecule has 0 saturated carbocycles. The normalized spacial score (nSPS) is 16.4. The van der Waals surface area contributed by atoms with Gasteiger partial charge >= 0.3 is 0 Å². The van der Waals surface area contributed by atoms with Crippen LogP contribution in [0.1, 0.15) is 32.5 Å². The van der Waals surface area contributed by atoms with Crippen molar-refractivity contribution in [1.29, 1.82) is 5.26 Å². The van der Waals surface area contributed by atoms with Gasteiger partial charge in [0.05, 0.1) is 17.7 Å². The van der Waals surface area contributed by atoms with Crippen LogP contribution in [-0.4, -0.2) is 17.4 Å². The molecule has 0 aliphatic carbocycles. The van der Waals surface area contributed by atoms with Crippen LogP contribution < -0.4 is 0 Å². The lowest BCUT2D eigenvalue weighted by Gasteiger charge is -2.34. The van der Waals surface area contributed by atoms with E-state index in [9.17, 15) is 4.79 Å². The van der Waals surface area contributed by atoms with Crippen molar-refractivity contribution >= 4 is 34.7 Å². The molecule has 1 aliphatic rings. The van der Waals surface area contributed by atoms with Gasteiger partial charge in [-0.05, 0) is 58.6 Å². The average Bonchev–Trinajstić information content (AvgIpc) is 3.37. The molecule has 1 unspecified atom stereocenters. The van der Waals surface area contributed by atoms with Crippen molar-refractivity contribution in [3.8, 4) is 6.07 Å². The second-order valence-corrected chi connectivity index (χ2v) is 8.05. The van der Waals surface area contributed by atoms with Crippen molar-refractivity contribution in [2.75, 3.05) is 6.54 Å². The summed E-state index contributed by atoms with van der Waals surface area (Å²) in [4.78, 5) is 17.5. The molecule has 2 aromatic heterocycles. The zero-order chi connectivity index (χ0) is 17.9. The van der Waals surface area contributed by atoms with Crippen LogP contribution in [0.15, 0.2) is 59.3 Å². The predicted molar refractivity (Wildman–Crippen MR) is 106 cm³/mol. The topological polar surface area (TPSA) is 44.1 Å². The second kappa shape index (κ2) is 7.28. The first-order valence-electron chi connectivity index (χ1n) is 8.35. The summed E-state index contributed by atoms with van der Waals surface area (Å²) in [7, 11) is 0. The van der Waals surface area contributed by atoms with Crippen LogP contribution in [0, 0.1) is 11.3 Å². The van der Waals surface area contributed by atoms with Gasteiger partial charge in [0.1, 0.15) is 0 Å². The summed E-state index contributed by atoms with van der Waals surface area (Å²) in [5.41, 5.74) is 2.79. The van der Waals surface area contributed by atoms with Gasteiger partial charge in [-0.2, -0.15) is 5.26 Å². The van der Waals surface area contributed by atoms with Crippen LogP contribution in [0.5, 0.6) is 0 Å². The van der Waals surface area contributed by atoms with Gasteiger partial charge in [-0.1, -0.05) is 18.2 Å². The van der Waals surface area contributed by atoms with E-state index in [-0.39, 0.29) is 11.9 Å². The Labute approximate surface area is 160 Å². The Morgan fingerprint density at radius 2 is 2.00 bits per heavy atom. The zero-order valence-electron chi connectivity index (χ0n) is 14.0. The lowest BCUT2D eigenvalue weighted by Crippen LogP contribution is -2.38. The molecule has 0 saturated heterocycles. The minimum Gasteiger partial charge on any atom is -0.327 e. The Balaban J connectivity index is 1.60. The van der Waals surface area contributed by atoms with Crippen molar-refractivity contribution < 1.29 is 4.79 Å². The molecule has 0 fully saturated rings. The fourth-order valence-electron chi connectivity index (χ4n) is 3.24. The summed E-state index contributed by atoms with van der Waals surface area (Å²) in [6.45, 7) is 0.729. The number of hydrogen-bond acceptors (Lipinski definition) is 4. The van der Waals surface area contributed by atoms with Gasteiger partial charge in [0, 0.05) is 22.4 Å². The molecule has 3 heterocycles. The summed E-state index contributed by atoms with van der Waals surface area (Å²) in [5.74, 6) is 0.0182. The minimum atomic E-state index is 0.00288. The Hall–Kier alpha value is -2.68. The van der Waals surface area contributed by atoms with E-state index in [0.717, 1.165) is 18.5 Å². The number of nitrogens with zero attached hydrogens (tertiary/aromatic N) is 2. The number of carbonyl (C=O) groups excluding carboxylic acids is 1. The van der Waals surface area contributed by atoms with Gasteiger partial charge in [0.15, 0.2) is 0 Å². The third kappa shape index (κ3) is 3.22. The quantitative estimate of drug-likeness (QED) is 0.612. The number of benzene rings is 1. The van der Waals surface area contributed by atoms with Crippen LogP contribution in [0.4, 0.5) is 0 Å². The van der Waals surface area contributed by atoms with Crippen LogP contribution >= 0.6 is 22.7 Å². The summed E-state index contributed by atoms with van der Waals surface area (Å²) < 4.78 is 0. The molecule has 4 rings (SSSR count). The maximum Gasteiger partial charge on any atom is 0.247 e. The van der Waals surface area contributed by atoms with Crippen LogP contribution in [0.3, 0.4) is 0 Å². The molecule has 26 heavy (non-hydrogen) atoms. The summed E-state index contributed by atoms with van der Waals surface area (Å²) >= 11 is 3.47. The van der Waals surface area contributed by atoms with Crippen LogP contribution in [0.2, 0.25) is 0 Å². The highest BCUT2D eigenvalue weighted by atomic mass is 32.1. The van der Waals surface area contributed by atoms with Crippen molar-refractivity contribution in [2.24, 2.45) is 0 Å². The lowest BCUT2D eigenvalue weighted by atomic mass is 9.98. The molecule has 1 atom stereocenters. The van der Waals surface area contributed by atoms with Gasteiger partial charge < -0.3 is 4.90 Å². The number of carbonyl (C=O) groups is 1. The van der Waals surface area contributed by atoms with Gasteiger partial charge in [0.25, 0.3) is 0 Å². The van der Waals surface area contributed by atoms with Gasteiger partial charge in [-0.15, -0.1) is 22.7 Å². The number of thiophene rings is 2. The number of rotatable bonds is 3. The number of fused-ring (bicyclic) bond motifs is 1. The molecular weight excluding hydrogens is 360 g/mol. The summed E-state index contributed by atoms with van der Waals surface area (Å²) in [5, 5.41) is 13.0. The fraction of sp³-hybridized carbons (Fsp3) is 0.143. The molecule has 3 aromatic rings. The highest BCUT2D eigenvalue weighted by molar-refractivity contribution is 7.10. The first-order valence-corrected chi connectivity index (χ1v) is 10.1. The van der Waals surface area contributed by atoms with Crippen molar-refractivity contribution in [1.82, 2.24) is 4.90 Å². The molecule has 0 radical (unpaired) electrons. The smallest absolute Gasteiger partial charge is 0.247 e. The Morgan fingerprint density at radius 1 is 1.15 bits per heavy atom. The third-order valence-electron chi connectivity index (χ3n) is 4.52. The molecule has 0 spiro atoms. The molecule has 5 heteroatoms. The molecule has 0 N–H and O–H groups in total. The first-order chi connectivity index (χ1) is 12.8. The highest BCUT2D eigenvalue weighted by Gasteiger charge is 2.32. The molecule has 1 aliphatic heterocycles. The van der Waals surface area contributed by atoms with Gasteiger partial charge in [0.2, 0.25) is 5.91 Å². The van der Waals surface area contributed by atoms with Gasteiger partial charge in [-0.3, -0.25) is 4.79 Å². The summed E-state index contributed by atoms with van der Waals surface area (Å²) in [6.07, 6.45) is 4.36. The maximum atomic E-state index is 12.9. The third-order valence-corrected chi connectivity index (χ3v) is 6.44. The summed E-state index contributed by atoms with van der Waals surface area (Å²) in [6, 6.07) is 15.6. The average molecular weight is 377 g/mol. The van der Waals surface area contributed by atoms with Crippen molar-refractivity contribution in [3.63, 3.8) is 0 Å². The van der Waals surface area contributed by atoms with Gasteiger partial charge in [-0.25, -0.2) is 0 Å². The maximum absolute atomic E-state index is 12.9. The Bertz CT molecular complexity index is 978. The fourth-order valence-corrected chi connectivity index (χ4v) is 5.00. The van der Waals surface area contributed by atoms with Crippen LogP contribution in [-0.2, 0) is 11.2 Å². The van der Waals surface area contributed by atoms with E-state index >= 15 is 0 Å². The predicted octanol–water partition coefficient (Wildman–Crippen LogP) is 4.87. The monoisotopic (exact) mass is 376 g/mol. The molecule has 1 amide bonds. The minimum absolute atomic E-state index is 0.00288. The second-order valence-electron chi connectivity index (χ2n) is 6.07. The van der Waals surface area contributed by atoms with E-state index < -0.39 is 0 Å². The molecule has 128 valence electrons. The van der Waals surface area contributed by atoms with Crippen molar-refractivity contribution in [2.45, 2.75) is 12.5 Å². The van der Waals surface area contributed by atoms with Crippen LogP contribution in [0.25, 0.3) is 6.08 Å². The molecule has 1 aromatic carbocycles. The van der Waals surface area contributed by atoms with E-state index in [1.807, 2.05) is 29.2 Å². The zero-order valence-corrected chi connectivity index (χ0v) is 15.6. The molecule has 0 bridgehead atoms. The van der Waals surface area contributed by atoms with E-state index in [2.05, 4.69) is 29.0 Å². The number of amides is 1. The highest BCUT2D eigenvalue weighted by Crippen LogP contribution is 2.39. The SMILES string of the molecule is N#Cc1ccc(/C=C/C(=O)N2CCc3sccc3C2c2cccs2)cc1. The van der Waals surface area contributed by atoms with E-state index in [0.29, 0.717) is 5.56 Å². The largest absolute Gasteiger partial charge is 0.327 e. The lowest BCUT2D eigenvalue weighted by molar-refractivity contribution is -0.127. The molecular formula is C21H16N2OS2. The van der Waals surface area contributed by atoms with Crippen molar-refractivity contribution in [3.05, 3.63) is 85.7 Å². The standard InChI is InChI=1S/C21H16N2OS2/c22-14-16-5-3-15(4-6-16)7-8-20(24)23-11-9-18-17(10-13-26-18)21(23)19-2-1-12-25-19/h1-8,10,12-13,21H,9,11H2/b8-7+. The number of hydrogen-bond donors (Lipinski definition) is 0. The Morgan fingerprint density at radius 3 is 2.73 bits per heavy atom. The van der Waals surface area contributed by atoms with E-state index in [1.54, 1.807) is 40.9 Å². The molecule has 3 nitrogen and oxygen atoms in total. The first kappa shape index (κ1) is 16.8. The van der Waals surface area contributed by atoms with E-state index in [4.69, 9.17) is 5.26 Å². The Kier molecular flexibility index (Phi) is 4.70.